The SMILES string of the molecule is CC(C)CCC1(CCNCc2ccc(OC(C)C)cc2)CCOC(C(C)C)C1. The van der Waals surface area contributed by atoms with Crippen LogP contribution in [0.5, 0.6) is 5.75 Å². The molecule has 1 aromatic carbocycles. The third-order valence-corrected chi connectivity index (χ3v) is 6.05. The Kier molecular flexibility index (Phi) is 9.30. The Morgan fingerprint density at radius 1 is 1.07 bits per heavy atom. The average molecular weight is 390 g/mol. The van der Waals surface area contributed by atoms with Crippen molar-refractivity contribution in [3.05, 3.63) is 29.8 Å². The van der Waals surface area contributed by atoms with Gasteiger partial charge in [0.1, 0.15) is 5.75 Å². The van der Waals surface area contributed by atoms with Crippen LogP contribution in [0.4, 0.5) is 0 Å². The zero-order valence-electron chi connectivity index (χ0n) is 19.1. The molecule has 1 N–H and O–H groups in total. The van der Waals surface area contributed by atoms with Crippen LogP contribution < -0.4 is 10.1 Å². The summed E-state index contributed by atoms with van der Waals surface area (Å²) in [4.78, 5) is 0. The second kappa shape index (κ2) is 11.2. The molecule has 1 heterocycles. The average Bonchev–Trinajstić information content (AvgIpc) is 2.65. The van der Waals surface area contributed by atoms with Gasteiger partial charge in [0.15, 0.2) is 0 Å². The molecule has 3 heteroatoms. The number of hydrogen-bond donors (Lipinski definition) is 1. The highest BCUT2D eigenvalue weighted by molar-refractivity contribution is 5.27. The van der Waals surface area contributed by atoms with Crippen molar-refractivity contribution in [2.75, 3.05) is 13.2 Å². The van der Waals surface area contributed by atoms with Crippen molar-refractivity contribution in [2.24, 2.45) is 17.3 Å². The van der Waals surface area contributed by atoms with Crippen molar-refractivity contribution in [2.45, 2.75) is 92.4 Å². The maximum Gasteiger partial charge on any atom is 0.119 e. The van der Waals surface area contributed by atoms with E-state index < -0.39 is 0 Å². The minimum absolute atomic E-state index is 0.222. The summed E-state index contributed by atoms with van der Waals surface area (Å²) in [5, 5.41) is 3.68. The van der Waals surface area contributed by atoms with E-state index in [1.54, 1.807) is 0 Å². The van der Waals surface area contributed by atoms with Crippen molar-refractivity contribution in [1.29, 1.82) is 0 Å². The maximum atomic E-state index is 6.08. The molecule has 2 atom stereocenters. The molecule has 1 saturated heterocycles. The van der Waals surface area contributed by atoms with E-state index >= 15 is 0 Å². The lowest BCUT2D eigenvalue weighted by atomic mass is 9.69. The monoisotopic (exact) mass is 389 g/mol. The van der Waals surface area contributed by atoms with Gasteiger partial charge < -0.3 is 14.8 Å². The summed E-state index contributed by atoms with van der Waals surface area (Å²) in [6.07, 6.45) is 6.99. The quantitative estimate of drug-likeness (QED) is 0.456. The Morgan fingerprint density at radius 3 is 2.39 bits per heavy atom. The van der Waals surface area contributed by atoms with Crippen molar-refractivity contribution in [3.63, 3.8) is 0 Å². The minimum atomic E-state index is 0.222. The van der Waals surface area contributed by atoms with Gasteiger partial charge in [-0.15, -0.1) is 0 Å². The van der Waals surface area contributed by atoms with Crippen LogP contribution in [0.25, 0.3) is 0 Å². The van der Waals surface area contributed by atoms with E-state index in [-0.39, 0.29) is 6.10 Å². The lowest BCUT2D eigenvalue weighted by Gasteiger charge is -2.43. The lowest BCUT2D eigenvalue weighted by molar-refractivity contribution is -0.0761. The molecule has 0 saturated carbocycles. The van der Waals surface area contributed by atoms with E-state index in [2.05, 4.69) is 71.1 Å². The van der Waals surface area contributed by atoms with Crippen LogP contribution in [0.3, 0.4) is 0 Å². The van der Waals surface area contributed by atoms with E-state index in [1.165, 1.54) is 37.7 Å². The maximum absolute atomic E-state index is 6.08. The molecule has 1 aromatic rings. The van der Waals surface area contributed by atoms with Crippen LogP contribution in [0.2, 0.25) is 0 Å². The second-order valence-electron chi connectivity index (χ2n) is 9.78. The van der Waals surface area contributed by atoms with E-state index in [1.807, 2.05) is 0 Å². The number of ether oxygens (including phenoxy) is 2. The standard InChI is InChI=1S/C25H43NO2/c1-19(2)11-12-25(14-16-27-24(17-25)20(3)4)13-15-26-18-22-7-9-23(10-8-22)28-21(5)6/h7-10,19-21,24,26H,11-18H2,1-6H3. The van der Waals surface area contributed by atoms with Gasteiger partial charge in [0.25, 0.3) is 0 Å². The van der Waals surface area contributed by atoms with E-state index in [4.69, 9.17) is 9.47 Å². The number of nitrogens with one attached hydrogen (secondary N) is 1. The summed E-state index contributed by atoms with van der Waals surface area (Å²) in [7, 11) is 0. The molecule has 0 aliphatic carbocycles. The molecular formula is C25H43NO2. The van der Waals surface area contributed by atoms with Crippen LogP contribution >= 0.6 is 0 Å². The van der Waals surface area contributed by atoms with Gasteiger partial charge in [0.2, 0.25) is 0 Å². The van der Waals surface area contributed by atoms with Gasteiger partial charge in [0.05, 0.1) is 12.2 Å². The van der Waals surface area contributed by atoms with Crippen LogP contribution in [-0.4, -0.2) is 25.4 Å². The van der Waals surface area contributed by atoms with Crippen LogP contribution in [-0.2, 0) is 11.3 Å². The van der Waals surface area contributed by atoms with Gasteiger partial charge >= 0.3 is 0 Å². The molecule has 0 spiro atoms. The van der Waals surface area contributed by atoms with Gasteiger partial charge in [-0.25, -0.2) is 0 Å². The van der Waals surface area contributed by atoms with Gasteiger partial charge in [-0.05, 0) is 81.0 Å². The summed E-state index contributed by atoms with van der Waals surface area (Å²) in [6.45, 7) is 16.3. The van der Waals surface area contributed by atoms with Crippen LogP contribution in [0, 0.1) is 17.3 Å². The van der Waals surface area contributed by atoms with Gasteiger partial charge in [-0.2, -0.15) is 0 Å². The molecule has 1 fully saturated rings. The van der Waals surface area contributed by atoms with Gasteiger partial charge in [-0.1, -0.05) is 46.2 Å². The summed E-state index contributed by atoms with van der Waals surface area (Å²) < 4.78 is 11.8. The van der Waals surface area contributed by atoms with Crippen molar-refractivity contribution in [3.8, 4) is 5.75 Å². The molecule has 2 rings (SSSR count). The highest BCUT2D eigenvalue weighted by atomic mass is 16.5. The number of benzene rings is 1. The first-order valence-corrected chi connectivity index (χ1v) is 11.4. The third kappa shape index (κ3) is 7.75. The first kappa shape index (κ1) is 23.2. The number of hydrogen-bond acceptors (Lipinski definition) is 3. The predicted molar refractivity (Wildman–Crippen MR) is 119 cm³/mol. The van der Waals surface area contributed by atoms with Gasteiger partial charge in [0, 0.05) is 13.2 Å². The second-order valence-corrected chi connectivity index (χ2v) is 9.78. The molecule has 0 bridgehead atoms. The third-order valence-electron chi connectivity index (χ3n) is 6.05. The Hall–Kier alpha value is -1.06. The fourth-order valence-corrected chi connectivity index (χ4v) is 4.16. The molecule has 160 valence electrons. The van der Waals surface area contributed by atoms with Gasteiger partial charge in [-0.3, -0.25) is 0 Å². The molecule has 1 aliphatic heterocycles. The van der Waals surface area contributed by atoms with Crippen LogP contribution in [0.15, 0.2) is 24.3 Å². The minimum Gasteiger partial charge on any atom is -0.491 e. The highest BCUT2D eigenvalue weighted by Gasteiger charge is 2.37. The topological polar surface area (TPSA) is 30.5 Å². The Bertz CT molecular complexity index is 552. The molecular weight excluding hydrogens is 346 g/mol. The smallest absolute Gasteiger partial charge is 0.119 e. The zero-order chi connectivity index (χ0) is 20.6. The molecule has 2 unspecified atom stereocenters. The Labute approximate surface area is 173 Å². The van der Waals surface area contributed by atoms with Crippen molar-refractivity contribution >= 4 is 0 Å². The van der Waals surface area contributed by atoms with Crippen molar-refractivity contribution < 1.29 is 9.47 Å². The molecule has 28 heavy (non-hydrogen) atoms. The first-order chi connectivity index (χ1) is 13.3. The highest BCUT2D eigenvalue weighted by Crippen LogP contribution is 2.43. The first-order valence-electron chi connectivity index (χ1n) is 11.4. The molecule has 3 nitrogen and oxygen atoms in total. The van der Waals surface area contributed by atoms with E-state index in [9.17, 15) is 0 Å². The summed E-state index contributed by atoms with van der Waals surface area (Å²) >= 11 is 0. The van der Waals surface area contributed by atoms with Crippen LogP contribution in [0.1, 0.15) is 79.2 Å². The summed E-state index contributed by atoms with van der Waals surface area (Å²) in [5.74, 6) is 2.34. The molecule has 1 aliphatic rings. The summed E-state index contributed by atoms with van der Waals surface area (Å²) in [5.41, 5.74) is 1.76. The number of rotatable bonds is 11. The summed E-state index contributed by atoms with van der Waals surface area (Å²) in [6, 6.07) is 8.49. The zero-order valence-corrected chi connectivity index (χ0v) is 19.1. The molecule has 0 aromatic heterocycles. The molecule has 0 amide bonds. The largest absolute Gasteiger partial charge is 0.491 e. The van der Waals surface area contributed by atoms with Crippen molar-refractivity contribution in [1.82, 2.24) is 5.32 Å². The Morgan fingerprint density at radius 2 is 1.79 bits per heavy atom. The van der Waals surface area contributed by atoms with E-state index in [0.29, 0.717) is 17.4 Å². The normalized spacial score (nSPS) is 23.0. The fraction of sp³-hybridized carbons (Fsp3) is 0.760. The van der Waals surface area contributed by atoms with E-state index in [0.717, 1.165) is 31.4 Å². The Balaban J connectivity index is 1.85. The molecule has 0 radical (unpaired) electrons. The fourth-order valence-electron chi connectivity index (χ4n) is 4.16. The lowest BCUT2D eigenvalue weighted by Crippen LogP contribution is -2.39. The predicted octanol–water partition coefficient (Wildman–Crippen LogP) is 6.21.